The first kappa shape index (κ1) is 18.4. The van der Waals surface area contributed by atoms with Crippen molar-refractivity contribution in [3.63, 3.8) is 0 Å². The van der Waals surface area contributed by atoms with E-state index in [2.05, 4.69) is 10.6 Å². The van der Waals surface area contributed by atoms with Crippen LogP contribution in [0.4, 0.5) is 4.39 Å². The van der Waals surface area contributed by atoms with Crippen molar-refractivity contribution in [3.05, 3.63) is 65.5 Å². The Morgan fingerprint density at radius 3 is 2.67 bits per heavy atom. The zero-order valence-electron chi connectivity index (χ0n) is 14.0. The highest BCUT2D eigenvalue weighted by atomic mass is 19.1. The van der Waals surface area contributed by atoms with Crippen molar-refractivity contribution in [2.45, 2.75) is 26.2 Å². The maximum Gasteiger partial charge on any atom is 0.129 e. The number of rotatable bonds is 10. The van der Waals surface area contributed by atoms with Crippen LogP contribution in [0.1, 0.15) is 18.1 Å². The quantitative estimate of drug-likeness (QED) is 0.585. The van der Waals surface area contributed by atoms with Crippen molar-refractivity contribution in [2.24, 2.45) is 0 Å². The van der Waals surface area contributed by atoms with Gasteiger partial charge in [-0.25, -0.2) is 4.39 Å². The maximum atomic E-state index is 13.6. The molecule has 0 radical (unpaired) electrons. The van der Waals surface area contributed by atoms with Gasteiger partial charge in [0.25, 0.3) is 0 Å². The highest BCUT2D eigenvalue weighted by molar-refractivity contribution is 5.29. The molecule has 0 saturated carbocycles. The van der Waals surface area contributed by atoms with Crippen LogP contribution >= 0.6 is 0 Å². The molecule has 1 atom stereocenters. The average Bonchev–Trinajstić information content (AvgIpc) is 2.57. The van der Waals surface area contributed by atoms with E-state index in [1.165, 1.54) is 6.07 Å². The Labute approximate surface area is 142 Å². The molecule has 0 fully saturated rings. The van der Waals surface area contributed by atoms with Crippen LogP contribution in [0.2, 0.25) is 0 Å². The van der Waals surface area contributed by atoms with Gasteiger partial charge in [-0.05, 0) is 30.7 Å². The smallest absolute Gasteiger partial charge is 0.129 e. The molecular formula is C19H25FN2O2. The van der Waals surface area contributed by atoms with E-state index in [4.69, 9.17) is 9.84 Å². The molecule has 0 heterocycles. The molecule has 0 unspecified atom stereocenters. The highest BCUT2D eigenvalue weighted by Gasteiger charge is 2.02. The third-order valence-corrected chi connectivity index (χ3v) is 3.50. The number of hydrogen-bond acceptors (Lipinski definition) is 4. The van der Waals surface area contributed by atoms with Crippen molar-refractivity contribution in [1.29, 1.82) is 0 Å². The van der Waals surface area contributed by atoms with Gasteiger partial charge in [0.15, 0.2) is 0 Å². The lowest BCUT2D eigenvalue weighted by atomic mass is 10.2. The van der Waals surface area contributed by atoms with Gasteiger partial charge >= 0.3 is 0 Å². The lowest BCUT2D eigenvalue weighted by molar-refractivity contribution is 0.191. The predicted octanol–water partition coefficient (Wildman–Crippen LogP) is 2.46. The molecule has 2 aromatic carbocycles. The Balaban J connectivity index is 1.74. The Kier molecular flexibility index (Phi) is 7.68. The Morgan fingerprint density at radius 2 is 1.88 bits per heavy atom. The van der Waals surface area contributed by atoms with Gasteiger partial charge in [0.1, 0.15) is 18.2 Å². The molecule has 2 rings (SSSR count). The molecule has 5 heteroatoms. The standard InChI is InChI=1S/C19H25FN2O2/c1-15(23)12-21-9-10-22-13-16-5-4-7-18(11-16)24-14-17-6-2-3-8-19(17)20/h2-8,11,15,21-23H,9-10,12-14H2,1H3/t15-/m1/s1. The van der Waals surface area contributed by atoms with E-state index in [1.807, 2.05) is 24.3 Å². The molecule has 0 aliphatic rings. The van der Waals surface area contributed by atoms with Crippen LogP contribution in [0.25, 0.3) is 0 Å². The summed E-state index contributed by atoms with van der Waals surface area (Å²) in [6.07, 6.45) is -0.326. The van der Waals surface area contributed by atoms with Crippen LogP contribution in [-0.2, 0) is 13.2 Å². The molecule has 0 spiro atoms. The number of halogens is 1. The zero-order valence-corrected chi connectivity index (χ0v) is 14.0. The van der Waals surface area contributed by atoms with Gasteiger partial charge in [0.05, 0.1) is 6.10 Å². The van der Waals surface area contributed by atoms with Gasteiger partial charge in [-0.3, -0.25) is 0 Å². The van der Waals surface area contributed by atoms with E-state index in [1.54, 1.807) is 25.1 Å². The van der Waals surface area contributed by atoms with Crippen LogP contribution in [0.3, 0.4) is 0 Å². The number of benzene rings is 2. The number of nitrogens with one attached hydrogen (secondary N) is 2. The summed E-state index contributed by atoms with van der Waals surface area (Å²) in [5, 5.41) is 15.6. The summed E-state index contributed by atoms with van der Waals surface area (Å²) in [5.41, 5.74) is 1.65. The zero-order chi connectivity index (χ0) is 17.2. The summed E-state index contributed by atoms with van der Waals surface area (Å²) < 4.78 is 19.3. The van der Waals surface area contributed by atoms with Crippen LogP contribution in [0, 0.1) is 5.82 Å². The molecule has 0 amide bonds. The largest absolute Gasteiger partial charge is 0.489 e. The van der Waals surface area contributed by atoms with E-state index < -0.39 is 0 Å². The second kappa shape index (κ2) is 10.0. The lowest BCUT2D eigenvalue weighted by Crippen LogP contribution is -2.31. The van der Waals surface area contributed by atoms with Gasteiger partial charge in [0.2, 0.25) is 0 Å². The summed E-state index contributed by atoms with van der Waals surface area (Å²) in [6, 6.07) is 14.4. The predicted molar refractivity (Wildman–Crippen MR) is 93.4 cm³/mol. The molecule has 3 N–H and O–H groups in total. The highest BCUT2D eigenvalue weighted by Crippen LogP contribution is 2.16. The molecule has 130 valence electrons. The summed E-state index contributed by atoms with van der Waals surface area (Å²) in [5.74, 6) is 0.477. The number of aliphatic hydroxyl groups is 1. The van der Waals surface area contributed by atoms with Gasteiger partial charge in [-0.2, -0.15) is 0 Å². The minimum absolute atomic E-state index is 0.215. The Morgan fingerprint density at radius 1 is 1.08 bits per heavy atom. The number of aliphatic hydroxyl groups excluding tert-OH is 1. The van der Waals surface area contributed by atoms with Gasteiger partial charge in [-0.1, -0.05) is 30.3 Å². The van der Waals surface area contributed by atoms with Crippen molar-refractivity contribution in [2.75, 3.05) is 19.6 Å². The third kappa shape index (κ3) is 6.66. The van der Waals surface area contributed by atoms with E-state index in [0.717, 1.165) is 30.9 Å². The molecule has 2 aromatic rings. The molecule has 0 aliphatic heterocycles. The topological polar surface area (TPSA) is 53.5 Å². The van der Waals surface area contributed by atoms with E-state index >= 15 is 0 Å². The second-order valence-corrected chi connectivity index (χ2v) is 5.76. The number of hydrogen-bond donors (Lipinski definition) is 3. The summed E-state index contributed by atoms with van der Waals surface area (Å²) in [4.78, 5) is 0. The summed E-state index contributed by atoms with van der Waals surface area (Å²) in [7, 11) is 0. The molecule has 0 aliphatic carbocycles. The minimum atomic E-state index is -0.326. The van der Waals surface area contributed by atoms with Crippen LogP contribution in [-0.4, -0.2) is 30.8 Å². The molecule has 24 heavy (non-hydrogen) atoms. The SMILES string of the molecule is C[C@@H](O)CNCCNCc1cccc(OCc2ccccc2F)c1. The maximum absolute atomic E-state index is 13.6. The first-order chi connectivity index (χ1) is 11.6. The molecule has 4 nitrogen and oxygen atoms in total. The molecule has 0 aromatic heterocycles. The van der Waals surface area contributed by atoms with Crippen LogP contribution in [0.15, 0.2) is 48.5 Å². The van der Waals surface area contributed by atoms with E-state index in [9.17, 15) is 4.39 Å². The van der Waals surface area contributed by atoms with E-state index in [0.29, 0.717) is 12.1 Å². The van der Waals surface area contributed by atoms with Crippen LogP contribution < -0.4 is 15.4 Å². The minimum Gasteiger partial charge on any atom is -0.489 e. The molecule has 0 saturated heterocycles. The lowest BCUT2D eigenvalue weighted by Gasteiger charge is -2.10. The van der Waals surface area contributed by atoms with Crippen molar-refractivity contribution in [1.82, 2.24) is 10.6 Å². The fourth-order valence-electron chi connectivity index (χ4n) is 2.24. The summed E-state index contributed by atoms with van der Waals surface area (Å²) >= 11 is 0. The van der Waals surface area contributed by atoms with Gasteiger partial charge in [0, 0.05) is 31.7 Å². The average molecular weight is 332 g/mol. The monoisotopic (exact) mass is 332 g/mol. The van der Waals surface area contributed by atoms with Crippen molar-refractivity contribution in [3.8, 4) is 5.75 Å². The normalized spacial score (nSPS) is 12.1. The van der Waals surface area contributed by atoms with Crippen molar-refractivity contribution < 1.29 is 14.2 Å². The van der Waals surface area contributed by atoms with Gasteiger partial charge in [-0.15, -0.1) is 0 Å². The van der Waals surface area contributed by atoms with Gasteiger partial charge < -0.3 is 20.5 Å². The first-order valence-electron chi connectivity index (χ1n) is 8.20. The fraction of sp³-hybridized carbons (Fsp3) is 0.368. The fourth-order valence-corrected chi connectivity index (χ4v) is 2.24. The molecular weight excluding hydrogens is 307 g/mol. The third-order valence-electron chi connectivity index (χ3n) is 3.50. The Bertz CT molecular complexity index is 620. The van der Waals surface area contributed by atoms with Crippen molar-refractivity contribution >= 4 is 0 Å². The second-order valence-electron chi connectivity index (χ2n) is 5.76. The number of ether oxygens (including phenoxy) is 1. The Hall–Kier alpha value is -1.95. The first-order valence-corrected chi connectivity index (χ1v) is 8.20. The van der Waals surface area contributed by atoms with Crippen LogP contribution in [0.5, 0.6) is 5.75 Å². The molecule has 0 bridgehead atoms. The summed E-state index contributed by atoms with van der Waals surface area (Å²) in [6.45, 7) is 4.91. The van der Waals surface area contributed by atoms with E-state index in [-0.39, 0.29) is 18.5 Å².